The van der Waals surface area contributed by atoms with Crippen LogP contribution in [0, 0.1) is 0 Å². The Morgan fingerprint density at radius 2 is 1.67 bits per heavy atom. The van der Waals surface area contributed by atoms with E-state index in [1.54, 1.807) is 24.3 Å². The van der Waals surface area contributed by atoms with Crippen LogP contribution in [-0.2, 0) is 4.79 Å². The van der Waals surface area contributed by atoms with E-state index in [2.05, 4.69) is 15.9 Å². The summed E-state index contributed by atoms with van der Waals surface area (Å²) in [6, 6.07) is 15.0. The molecule has 2 heterocycles. The van der Waals surface area contributed by atoms with E-state index in [1.165, 1.54) is 10.6 Å². The van der Waals surface area contributed by atoms with Gasteiger partial charge in [0.05, 0.1) is 5.56 Å². The van der Waals surface area contributed by atoms with Crippen molar-refractivity contribution >= 4 is 29.1 Å². The molecule has 0 unspecified atom stereocenters. The van der Waals surface area contributed by atoms with Gasteiger partial charge in [-0.25, -0.2) is 0 Å². The highest BCUT2D eigenvalue weighted by Gasteiger charge is 2.28. The lowest BCUT2D eigenvalue weighted by Gasteiger charge is -2.36. The normalized spacial score (nSPS) is 17.5. The molecule has 0 aliphatic carbocycles. The van der Waals surface area contributed by atoms with Crippen LogP contribution in [0.15, 0.2) is 48.5 Å². The van der Waals surface area contributed by atoms with E-state index < -0.39 is 0 Å². The molecule has 0 aromatic heterocycles. The summed E-state index contributed by atoms with van der Waals surface area (Å²) in [5, 5.41) is 0.764. The van der Waals surface area contributed by atoms with Crippen molar-refractivity contribution in [1.82, 2.24) is 9.80 Å². The third kappa shape index (κ3) is 4.77. The van der Waals surface area contributed by atoms with Crippen LogP contribution in [0.4, 0.5) is 5.69 Å². The summed E-state index contributed by atoms with van der Waals surface area (Å²) in [5.41, 5.74) is 1.63. The third-order valence-electron chi connectivity index (χ3n) is 5.67. The Morgan fingerprint density at radius 3 is 2.47 bits per heavy atom. The van der Waals surface area contributed by atoms with E-state index in [0.717, 1.165) is 50.6 Å². The van der Waals surface area contributed by atoms with Crippen LogP contribution in [0.5, 0.6) is 5.75 Å². The number of amides is 2. The highest BCUT2D eigenvalue weighted by molar-refractivity contribution is 6.30. The zero-order chi connectivity index (χ0) is 20.9. The van der Waals surface area contributed by atoms with Crippen molar-refractivity contribution in [3.63, 3.8) is 0 Å². The summed E-state index contributed by atoms with van der Waals surface area (Å²) in [6.45, 7) is 5.23. The molecular weight excluding hydrogens is 402 g/mol. The number of carbonyl (C=O) groups excluding carboxylic acids is 2. The van der Waals surface area contributed by atoms with Gasteiger partial charge in [-0.05, 0) is 49.7 Å². The Balaban J connectivity index is 1.23. The molecule has 2 aliphatic rings. The first-order valence-electron chi connectivity index (χ1n) is 10.4. The van der Waals surface area contributed by atoms with Crippen LogP contribution in [-0.4, -0.2) is 67.5 Å². The molecule has 0 spiro atoms. The maximum absolute atomic E-state index is 12.7. The van der Waals surface area contributed by atoms with E-state index in [-0.39, 0.29) is 18.4 Å². The van der Waals surface area contributed by atoms with E-state index in [9.17, 15) is 9.59 Å². The lowest BCUT2D eigenvalue weighted by atomic mass is 10.1. The van der Waals surface area contributed by atoms with Gasteiger partial charge >= 0.3 is 0 Å². The number of para-hydroxylation sites is 1. The van der Waals surface area contributed by atoms with Crippen LogP contribution >= 0.6 is 11.6 Å². The number of nitrogens with zero attached hydrogens (tertiary/aromatic N) is 3. The molecule has 2 aromatic rings. The molecule has 4 rings (SSSR count). The van der Waals surface area contributed by atoms with Gasteiger partial charge in [0, 0.05) is 43.4 Å². The Kier molecular flexibility index (Phi) is 6.55. The molecule has 158 valence electrons. The van der Waals surface area contributed by atoms with Crippen LogP contribution in [0.2, 0.25) is 5.02 Å². The molecule has 6 nitrogen and oxygen atoms in total. The minimum atomic E-state index is -0.272. The molecule has 30 heavy (non-hydrogen) atoms. The number of ether oxygens (including phenoxy) is 1. The first-order chi connectivity index (χ1) is 14.6. The quantitative estimate of drug-likeness (QED) is 0.523. The second-order valence-corrected chi connectivity index (χ2v) is 8.09. The molecular formula is C23H26ClN3O3. The molecule has 0 bridgehead atoms. The number of unbranched alkanes of at least 4 members (excludes halogenated alkanes) is 1. The largest absolute Gasteiger partial charge is 0.483 e. The lowest BCUT2D eigenvalue weighted by Crippen LogP contribution is -2.46. The van der Waals surface area contributed by atoms with Crippen molar-refractivity contribution < 1.29 is 14.3 Å². The Labute approximate surface area is 182 Å². The van der Waals surface area contributed by atoms with Crippen molar-refractivity contribution in [3.05, 3.63) is 59.1 Å². The molecule has 0 saturated carbocycles. The maximum atomic E-state index is 12.7. The van der Waals surface area contributed by atoms with Gasteiger partial charge in [-0.15, -0.1) is 0 Å². The molecule has 2 aliphatic heterocycles. The van der Waals surface area contributed by atoms with E-state index >= 15 is 0 Å². The van der Waals surface area contributed by atoms with Crippen LogP contribution < -0.4 is 9.64 Å². The number of rotatable bonds is 6. The Hall–Kier alpha value is -2.57. The summed E-state index contributed by atoms with van der Waals surface area (Å²) in [6.07, 6.45) is 1.73. The van der Waals surface area contributed by atoms with Crippen LogP contribution in [0.1, 0.15) is 23.2 Å². The van der Waals surface area contributed by atoms with Gasteiger partial charge in [-0.3, -0.25) is 19.4 Å². The van der Waals surface area contributed by atoms with Crippen LogP contribution in [0.3, 0.4) is 0 Å². The summed E-state index contributed by atoms with van der Waals surface area (Å²) in [5.74, 6) is -0.0505. The highest BCUT2D eigenvalue weighted by Crippen LogP contribution is 2.23. The van der Waals surface area contributed by atoms with Gasteiger partial charge < -0.3 is 9.64 Å². The number of hydrogen-bond acceptors (Lipinski definition) is 5. The maximum Gasteiger partial charge on any atom is 0.267 e. The fourth-order valence-electron chi connectivity index (χ4n) is 3.98. The predicted molar refractivity (Wildman–Crippen MR) is 117 cm³/mol. The standard InChI is InChI=1S/C23H26ClN3O3/c24-18-6-5-7-19(16-18)26-14-12-25(13-15-26)10-3-4-11-27-22(28)17-30-21-9-2-1-8-20(21)23(27)29/h1-2,5-9,16H,3-4,10-15,17H2. The van der Waals surface area contributed by atoms with Crippen LogP contribution in [0.25, 0.3) is 0 Å². The Bertz CT molecular complexity index is 912. The molecule has 1 saturated heterocycles. The van der Waals surface area contributed by atoms with Gasteiger partial charge in [0.25, 0.3) is 11.8 Å². The second kappa shape index (κ2) is 9.49. The van der Waals surface area contributed by atoms with Gasteiger partial charge in [-0.2, -0.15) is 0 Å². The monoisotopic (exact) mass is 427 g/mol. The van der Waals surface area contributed by atoms with Crippen molar-refractivity contribution in [2.75, 3.05) is 50.8 Å². The predicted octanol–water partition coefficient (Wildman–Crippen LogP) is 3.30. The number of anilines is 1. The number of halogens is 1. The number of hydrogen-bond donors (Lipinski definition) is 0. The van der Waals surface area contributed by atoms with Gasteiger partial charge in [0.15, 0.2) is 6.61 Å². The molecule has 0 N–H and O–H groups in total. The van der Waals surface area contributed by atoms with Gasteiger partial charge in [0.1, 0.15) is 5.75 Å². The number of carbonyl (C=O) groups is 2. The molecule has 0 radical (unpaired) electrons. The summed E-state index contributed by atoms with van der Waals surface area (Å²) < 4.78 is 5.48. The molecule has 7 heteroatoms. The first-order valence-corrected chi connectivity index (χ1v) is 10.8. The van der Waals surface area contributed by atoms with E-state index in [0.29, 0.717) is 17.9 Å². The summed E-state index contributed by atoms with van der Waals surface area (Å²) in [4.78, 5) is 31.2. The lowest BCUT2D eigenvalue weighted by molar-refractivity contribution is -0.130. The second-order valence-electron chi connectivity index (χ2n) is 7.65. The average Bonchev–Trinajstić information content (AvgIpc) is 2.89. The molecule has 1 fully saturated rings. The average molecular weight is 428 g/mol. The zero-order valence-corrected chi connectivity index (χ0v) is 17.7. The van der Waals surface area contributed by atoms with Crippen molar-refractivity contribution in [2.45, 2.75) is 12.8 Å². The number of fused-ring (bicyclic) bond motifs is 1. The minimum Gasteiger partial charge on any atom is -0.483 e. The smallest absolute Gasteiger partial charge is 0.267 e. The fourth-order valence-corrected chi connectivity index (χ4v) is 4.16. The molecule has 2 aromatic carbocycles. The first kappa shape index (κ1) is 20.7. The topological polar surface area (TPSA) is 53.1 Å². The molecule has 2 amide bonds. The molecule has 0 atom stereocenters. The van der Waals surface area contributed by atoms with Gasteiger partial charge in [-0.1, -0.05) is 29.8 Å². The Morgan fingerprint density at radius 1 is 0.900 bits per heavy atom. The minimum absolute atomic E-state index is 0.0891. The third-order valence-corrected chi connectivity index (χ3v) is 5.90. The van der Waals surface area contributed by atoms with E-state index in [1.807, 2.05) is 18.2 Å². The number of piperazine rings is 1. The van der Waals surface area contributed by atoms with Crippen molar-refractivity contribution in [1.29, 1.82) is 0 Å². The van der Waals surface area contributed by atoms with E-state index in [4.69, 9.17) is 16.3 Å². The SMILES string of the molecule is O=C1COc2ccccc2C(=O)N1CCCCN1CCN(c2cccc(Cl)c2)CC1. The summed E-state index contributed by atoms with van der Waals surface area (Å²) >= 11 is 6.10. The highest BCUT2D eigenvalue weighted by atomic mass is 35.5. The summed E-state index contributed by atoms with van der Waals surface area (Å²) in [7, 11) is 0. The zero-order valence-electron chi connectivity index (χ0n) is 16.9. The van der Waals surface area contributed by atoms with Crippen molar-refractivity contribution in [2.24, 2.45) is 0 Å². The van der Waals surface area contributed by atoms with Crippen molar-refractivity contribution in [3.8, 4) is 5.75 Å². The fraction of sp³-hybridized carbons (Fsp3) is 0.391. The number of benzene rings is 2. The van der Waals surface area contributed by atoms with Gasteiger partial charge in [0.2, 0.25) is 0 Å². The number of imide groups is 1.